The van der Waals surface area contributed by atoms with Crippen molar-refractivity contribution >= 4 is 11.3 Å². The summed E-state index contributed by atoms with van der Waals surface area (Å²) in [5, 5.41) is 6.52. The SMILES string of the molecule is CCc1cc(=O)n2cc(NC3(NC)CCC3)cc(F)c2n1. The first-order valence-electron chi connectivity index (χ1n) is 7.26. The van der Waals surface area contributed by atoms with Gasteiger partial charge in [0.2, 0.25) is 0 Å². The molecule has 6 heteroatoms. The molecule has 2 aromatic rings. The Labute approximate surface area is 122 Å². The summed E-state index contributed by atoms with van der Waals surface area (Å²) in [6.07, 6.45) is 5.31. The van der Waals surface area contributed by atoms with Gasteiger partial charge in [0.25, 0.3) is 5.56 Å². The molecule has 0 aromatic carbocycles. The normalized spacial score (nSPS) is 16.7. The topological polar surface area (TPSA) is 58.4 Å². The Kier molecular flexibility index (Phi) is 3.41. The molecule has 0 spiro atoms. The third-order valence-corrected chi connectivity index (χ3v) is 4.20. The highest BCUT2D eigenvalue weighted by atomic mass is 19.1. The van der Waals surface area contributed by atoms with Gasteiger partial charge in [-0.25, -0.2) is 9.37 Å². The van der Waals surface area contributed by atoms with E-state index in [0.29, 0.717) is 17.8 Å². The maximum atomic E-state index is 14.3. The number of fused-ring (bicyclic) bond motifs is 1. The van der Waals surface area contributed by atoms with Gasteiger partial charge in [0.1, 0.15) is 0 Å². The lowest BCUT2D eigenvalue weighted by Gasteiger charge is -2.43. The van der Waals surface area contributed by atoms with Crippen LogP contribution in [0.5, 0.6) is 0 Å². The lowest BCUT2D eigenvalue weighted by atomic mass is 9.85. The van der Waals surface area contributed by atoms with Crippen LogP contribution in [0.15, 0.2) is 23.1 Å². The quantitative estimate of drug-likeness (QED) is 0.845. The average Bonchev–Trinajstić information content (AvgIpc) is 2.43. The number of hydrogen-bond donors (Lipinski definition) is 2. The van der Waals surface area contributed by atoms with Gasteiger partial charge in [0.05, 0.1) is 11.4 Å². The molecule has 0 atom stereocenters. The molecule has 1 aliphatic rings. The Morgan fingerprint density at radius 1 is 1.43 bits per heavy atom. The summed E-state index contributed by atoms with van der Waals surface area (Å²) in [6, 6.07) is 2.85. The fraction of sp³-hybridized carbons (Fsp3) is 0.467. The van der Waals surface area contributed by atoms with Crippen LogP contribution in [-0.4, -0.2) is 22.1 Å². The maximum Gasteiger partial charge on any atom is 0.258 e. The first-order chi connectivity index (χ1) is 10.1. The molecule has 1 fully saturated rings. The van der Waals surface area contributed by atoms with E-state index in [4.69, 9.17) is 0 Å². The van der Waals surface area contributed by atoms with Gasteiger partial charge in [-0.3, -0.25) is 14.5 Å². The van der Waals surface area contributed by atoms with Crippen molar-refractivity contribution in [1.29, 1.82) is 0 Å². The second kappa shape index (κ2) is 5.11. The van der Waals surface area contributed by atoms with E-state index in [-0.39, 0.29) is 16.9 Å². The smallest absolute Gasteiger partial charge is 0.258 e. The van der Waals surface area contributed by atoms with Crippen LogP contribution in [0.3, 0.4) is 0 Å². The minimum atomic E-state index is -0.488. The zero-order chi connectivity index (χ0) is 15.0. The van der Waals surface area contributed by atoms with Crippen LogP contribution in [-0.2, 0) is 6.42 Å². The van der Waals surface area contributed by atoms with Gasteiger partial charge < -0.3 is 5.32 Å². The average molecular weight is 290 g/mol. The predicted octanol–water partition coefficient (Wildman–Crippen LogP) is 1.91. The molecule has 2 aromatic heterocycles. The molecule has 2 N–H and O–H groups in total. The Morgan fingerprint density at radius 3 is 2.76 bits per heavy atom. The summed E-state index contributed by atoms with van der Waals surface area (Å²) in [4.78, 5) is 16.3. The molecule has 1 saturated carbocycles. The summed E-state index contributed by atoms with van der Waals surface area (Å²) >= 11 is 0. The number of anilines is 1. The number of nitrogens with one attached hydrogen (secondary N) is 2. The number of nitrogens with zero attached hydrogens (tertiary/aromatic N) is 2. The number of rotatable bonds is 4. The van der Waals surface area contributed by atoms with Crippen LogP contribution in [0.25, 0.3) is 5.65 Å². The van der Waals surface area contributed by atoms with Gasteiger partial charge in [0.15, 0.2) is 11.5 Å². The second-order valence-electron chi connectivity index (χ2n) is 5.52. The van der Waals surface area contributed by atoms with Crippen LogP contribution in [0, 0.1) is 5.82 Å². The largest absolute Gasteiger partial charge is 0.366 e. The van der Waals surface area contributed by atoms with Crippen molar-refractivity contribution in [1.82, 2.24) is 14.7 Å². The molecule has 0 amide bonds. The van der Waals surface area contributed by atoms with Gasteiger partial charge in [-0.15, -0.1) is 0 Å². The van der Waals surface area contributed by atoms with Crippen molar-refractivity contribution < 1.29 is 4.39 Å². The zero-order valence-electron chi connectivity index (χ0n) is 12.2. The van der Waals surface area contributed by atoms with Gasteiger partial charge in [-0.1, -0.05) is 6.92 Å². The standard InChI is InChI=1S/C15H19FN4O/c1-3-10-8-13(21)20-9-11(7-12(16)14(20)18-10)19-15(17-2)5-4-6-15/h7-9,17,19H,3-6H2,1-2H3. The molecular weight excluding hydrogens is 271 g/mol. The lowest BCUT2D eigenvalue weighted by Crippen LogP contribution is -2.55. The van der Waals surface area contributed by atoms with Crippen molar-refractivity contribution in [2.24, 2.45) is 0 Å². The first kappa shape index (κ1) is 14.0. The van der Waals surface area contributed by atoms with Gasteiger partial charge in [-0.05, 0) is 32.7 Å². The summed E-state index contributed by atoms with van der Waals surface area (Å²) in [5.41, 5.74) is 0.816. The van der Waals surface area contributed by atoms with Gasteiger partial charge in [0, 0.05) is 24.0 Å². The van der Waals surface area contributed by atoms with E-state index in [2.05, 4.69) is 15.6 Å². The molecular formula is C15H19FN4O. The fourth-order valence-corrected chi connectivity index (χ4v) is 2.70. The first-order valence-corrected chi connectivity index (χ1v) is 7.26. The number of pyridine rings is 1. The highest BCUT2D eigenvalue weighted by molar-refractivity contribution is 5.53. The molecule has 0 aliphatic heterocycles. The molecule has 0 unspecified atom stereocenters. The molecule has 112 valence electrons. The van der Waals surface area contributed by atoms with Crippen LogP contribution in [0.1, 0.15) is 31.9 Å². The zero-order valence-corrected chi connectivity index (χ0v) is 12.2. The second-order valence-corrected chi connectivity index (χ2v) is 5.52. The maximum absolute atomic E-state index is 14.3. The molecule has 0 bridgehead atoms. The third-order valence-electron chi connectivity index (χ3n) is 4.20. The van der Waals surface area contributed by atoms with Crippen molar-refractivity contribution in [3.05, 3.63) is 40.2 Å². The molecule has 0 radical (unpaired) electrons. The fourth-order valence-electron chi connectivity index (χ4n) is 2.70. The minimum absolute atomic E-state index is 0.0806. The number of aromatic nitrogens is 2. The van der Waals surface area contributed by atoms with E-state index in [1.54, 1.807) is 6.20 Å². The lowest BCUT2D eigenvalue weighted by molar-refractivity contribution is 0.236. The van der Waals surface area contributed by atoms with Crippen LogP contribution in [0.4, 0.5) is 10.1 Å². The Morgan fingerprint density at radius 2 is 2.19 bits per heavy atom. The van der Waals surface area contributed by atoms with Crippen molar-refractivity contribution in [3.63, 3.8) is 0 Å². The van der Waals surface area contributed by atoms with E-state index < -0.39 is 5.82 Å². The van der Waals surface area contributed by atoms with E-state index >= 15 is 0 Å². The van der Waals surface area contributed by atoms with Gasteiger partial charge in [-0.2, -0.15) is 0 Å². The molecule has 1 aliphatic carbocycles. The van der Waals surface area contributed by atoms with Crippen LogP contribution in [0.2, 0.25) is 0 Å². The minimum Gasteiger partial charge on any atom is -0.366 e. The van der Waals surface area contributed by atoms with Gasteiger partial charge >= 0.3 is 0 Å². The van der Waals surface area contributed by atoms with E-state index in [9.17, 15) is 9.18 Å². The number of aryl methyl sites for hydroxylation is 1. The molecule has 2 heterocycles. The monoisotopic (exact) mass is 290 g/mol. The highest BCUT2D eigenvalue weighted by Crippen LogP contribution is 2.32. The van der Waals surface area contributed by atoms with Crippen molar-refractivity contribution in [2.75, 3.05) is 12.4 Å². The number of hydrogen-bond acceptors (Lipinski definition) is 4. The summed E-state index contributed by atoms with van der Waals surface area (Å²) in [7, 11) is 1.88. The molecule has 21 heavy (non-hydrogen) atoms. The summed E-state index contributed by atoms with van der Waals surface area (Å²) in [5.74, 6) is -0.488. The van der Waals surface area contributed by atoms with E-state index in [1.165, 1.54) is 16.5 Å². The van der Waals surface area contributed by atoms with E-state index in [0.717, 1.165) is 19.3 Å². The molecule has 3 rings (SSSR count). The summed E-state index contributed by atoms with van der Waals surface area (Å²) < 4.78 is 15.5. The third kappa shape index (κ3) is 2.40. The Bertz CT molecular complexity index is 731. The van der Waals surface area contributed by atoms with E-state index in [1.807, 2.05) is 14.0 Å². The Hall–Kier alpha value is -1.95. The van der Waals surface area contributed by atoms with Crippen molar-refractivity contribution in [2.45, 2.75) is 38.3 Å². The van der Waals surface area contributed by atoms with Crippen LogP contribution >= 0.6 is 0 Å². The van der Waals surface area contributed by atoms with Crippen LogP contribution < -0.4 is 16.2 Å². The molecule has 0 saturated heterocycles. The number of halogens is 1. The summed E-state index contributed by atoms with van der Waals surface area (Å²) in [6.45, 7) is 1.89. The predicted molar refractivity (Wildman–Crippen MR) is 80.1 cm³/mol. The molecule has 5 nitrogen and oxygen atoms in total. The van der Waals surface area contributed by atoms with Crippen molar-refractivity contribution in [3.8, 4) is 0 Å². The highest BCUT2D eigenvalue weighted by Gasteiger charge is 2.35. The Balaban J connectivity index is 2.06.